The number of hydrogen-bond donors (Lipinski definition) is 2. The van der Waals surface area contributed by atoms with Gasteiger partial charge in [-0.2, -0.15) is 13.2 Å². The molecule has 1 heterocycles. The van der Waals surface area contributed by atoms with Crippen molar-refractivity contribution in [2.24, 2.45) is 5.73 Å². The van der Waals surface area contributed by atoms with Crippen molar-refractivity contribution < 1.29 is 22.7 Å². The number of anilines is 1. The van der Waals surface area contributed by atoms with Gasteiger partial charge in [-0.15, -0.1) is 0 Å². The van der Waals surface area contributed by atoms with Crippen LogP contribution in [0.15, 0.2) is 60.9 Å². The second-order valence-electron chi connectivity index (χ2n) is 5.40. The third-order valence-electron chi connectivity index (χ3n) is 3.51. The number of rotatable bonds is 4. The van der Waals surface area contributed by atoms with Crippen molar-refractivity contribution in [1.82, 2.24) is 9.97 Å². The zero-order chi connectivity index (χ0) is 19.4. The summed E-state index contributed by atoms with van der Waals surface area (Å²) >= 11 is 0. The van der Waals surface area contributed by atoms with Crippen molar-refractivity contribution in [1.29, 1.82) is 0 Å². The molecule has 0 atom stereocenters. The number of nitrogens with one attached hydrogen (secondary N) is 1. The molecule has 1 aromatic heterocycles. The van der Waals surface area contributed by atoms with E-state index in [1.165, 1.54) is 24.5 Å². The minimum absolute atomic E-state index is 0.151. The van der Waals surface area contributed by atoms with Crippen LogP contribution in [0.25, 0.3) is 11.3 Å². The molecule has 0 aliphatic heterocycles. The standard InChI is InChI=1S/C18H13F3N4O2/c19-18(20,21)12-7-5-11(6-8-12)14-9-16(24-10-23-14)27-15-4-2-1-3-13(15)25-17(22)26/h1-10H,(H3,22,25,26). The molecule has 3 aromatic rings. The van der Waals surface area contributed by atoms with Gasteiger partial charge in [0.25, 0.3) is 0 Å². The Bertz CT molecular complexity index is 959. The lowest BCUT2D eigenvalue weighted by Gasteiger charge is -2.11. The molecule has 0 aliphatic carbocycles. The van der Waals surface area contributed by atoms with Crippen LogP contribution in [0.3, 0.4) is 0 Å². The first-order valence-corrected chi connectivity index (χ1v) is 7.66. The summed E-state index contributed by atoms with van der Waals surface area (Å²) in [7, 11) is 0. The Kier molecular flexibility index (Phi) is 4.93. The van der Waals surface area contributed by atoms with E-state index in [1.54, 1.807) is 24.3 Å². The van der Waals surface area contributed by atoms with Crippen LogP contribution < -0.4 is 15.8 Å². The average Bonchev–Trinajstić information content (AvgIpc) is 2.63. The molecule has 0 saturated heterocycles. The van der Waals surface area contributed by atoms with Crippen LogP contribution in [0.2, 0.25) is 0 Å². The number of ether oxygens (including phenoxy) is 1. The predicted octanol–water partition coefficient (Wildman–Crippen LogP) is 4.45. The lowest BCUT2D eigenvalue weighted by atomic mass is 10.1. The van der Waals surface area contributed by atoms with E-state index < -0.39 is 17.8 Å². The third-order valence-corrected chi connectivity index (χ3v) is 3.51. The number of primary amides is 1. The van der Waals surface area contributed by atoms with E-state index in [0.29, 0.717) is 22.7 Å². The molecule has 2 aromatic carbocycles. The van der Waals surface area contributed by atoms with E-state index in [-0.39, 0.29) is 5.88 Å². The van der Waals surface area contributed by atoms with E-state index in [1.807, 2.05) is 0 Å². The van der Waals surface area contributed by atoms with Gasteiger partial charge >= 0.3 is 12.2 Å². The number of urea groups is 1. The van der Waals surface area contributed by atoms with Gasteiger partial charge in [0, 0.05) is 11.6 Å². The number of hydrogen-bond acceptors (Lipinski definition) is 4. The second kappa shape index (κ2) is 7.32. The highest BCUT2D eigenvalue weighted by Gasteiger charge is 2.30. The molecule has 3 rings (SSSR count). The van der Waals surface area contributed by atoms with Crippen LogP contribution in [0.1, 0.15) is 5.56 Å². The summed E-state index contributed by atoms with van der Waals surface area (Å²) in [5.41, 5.74) is 5.57. The summed E-state index contributed by atoms with van der Waals surface area (Å²) in [6.07, 6.45) is -3.18. The minimum atomic E-state index is -4.41. The number of alkyl halides is 3. The van der Waals surface area contributed by atoms with E-state index in [0.717, 1.165) is 12.1 Å². The highest BCUT2D eigenvalue weighted by Crippen LogP contribution is 2.32. The molecule has 0 unspecified atom stereocenters. The molecule has 3 N–H and O–H groups in total. The molecule has 0 bridgehead atoms. The SMILES string of the molecule is NC(=O)Nc1ccccc1Oc1cc(-c2ccc(C(F)(F)F)cc2)ncn1. The normalized spacial score (nSPS) is 11.1. The molecule has 0 radical (unpaired) electrons. The number of aromatic nitrogens is 2. The van der Waals surface area contributed by atoms with E-state index in [9.17, 15) is 18.0 Å². The molecule has 0 saturated carbocycles. The molecule has 0 fully saturated rings. The van der Waals surface area contributed by atoms with Gasteiger partial charge in [0.1, 0.15) is 6.33 Å². The number of para-hydroxylation sites is 2. The van der Waals surface area contributed by atoms with Gasteiger partial charge in [-0.3, -0.25) is 0 Å². The van der Waals surface area contributed by atoms with Gasteiger partial charge in [0.2, 0.25) is 5.88 Å². The van der Waals surface area contributed by atoms with Gasteiger partial charge < -0.3 is 15.8 Å². The fraction of sp³-hybridized carbons (Fsp3) is 0.0556. The number of nitrogens with zero attached hydrogens (tertiary/aromatic N) is 2. The van der Waals surface area contributed by atoms with Crippen molar-refractivity contribution in [3.05, 3.63) is 66.5 Å². The smallest absolute Gasteiger partial charge is 0.416 e. The molecular formula is C18H13F3N4O2. The lowest BCUT2D eigenvalue weighted by Crippen LogP contribution is -2.19. The van der Waals surface area contributed by atoms with Crippen molar-refractivity contribution in [3.8, 4) is 22.9 Å². The zero-order valence-electron chi connectivity index (χ0n) is 13.7. The Hall–Kier alpha value is -3.62. The van der Waals surface area contributed by atoms with Crippen LogP contribution >= 0.6 is 0 Å². The van der Waals surface area contributed by atoms with Crippen molar-refractivity contribution in [2.45, 2.75) is 6.18 Å². The monoisotopic (exact) mass is 374 g/mol. The van der Waals surface area contributed by atoms with Crippen molar-refractivity contribution in [3.63, 3.8) is 0 Å². The first kappa shape index (κ1) is 18.2. The molecular weight excluding hydrogens is 361 g/mol. The van der Waals surface area contributed by atoms with E-state index in [2.05, 4.69) is 15.3 Å². The van der Waals surface area contributed by atoms with Crippen LogP contribution in [-0.4, -0.2) is 16.0 Å². The molecule has 9 heteroatoms. The number of halogens is 3. The second-order valence-corrected chi connectivity index (χ2v) is 5.40. The topological polar surface area (TPSA) is 90.1 Å². The highest BCUT2D eigenvalue weighted by molar-refractivity contribution is 5.89. The van der Waals surface area contributed by atoms with E-state index >= 15 is 0 Å². The van der Waals surface area contributed by atoms with Crippen LogP contribution in [-0.2, 0) is 6.18 Å². The number of amides is 2. The Morgan fingerprint density at radius 2 is 1.74 bits per heavy atom. The summed E-state index contributed by atoms with van der Waals surface area (Å²) in [6, 6.07) is 11.9. The Labute approximate surface area is 151 Å². The van der Waals surface area contributed by atoms with E-state index in [4.69, 9.17) is 10.5 Å². The minimum Gasteiger partial charge on any atom is -0.437 e. The fourth-order valence-corrected chi connectivity index (χ4v) is 2.29. The number of carbonyl (C=O) groups excluding carboxylic acids is 1. The highest BCUT2D eigenvalue weighted by atomic mass is 19.4. The summed E-state index contributed by atoms with van der Waals surface area (Å²) in [5.74, 6) is 0.451. The summed E-state index contributed by atoms with van der Waals surface area (Å²) in [4.78, 5) is 19.1. The van der Waals surface area contributed by atoms with Gasteiger partial charge in [-0.25, -0.2) is 14.8 Å². The maximum absolute atomic E-state index is 12.7. The number of nitrogens with two attached hydrogens (primary N) is 1. The molecule has 27 heavy (non-hydrogen) atoms. The molecule has 0 aliphatic rings. The summed E-state index contributed by atoms with van der Waals surface area (Å²) in [6.45, 7) is 0. The Morgan fingerprint density at radius 1 is 1.04 bits per heavy atom. The Morgan fingerprint density at radius 3 is 2.41 bits per heavy atom. The average molecular weight is 374 g/mol. The molecule has 0 spiro atoms. The third kappa shape index (κ3) is 4.51. The van der Waals surface area contributed by atoms with Crippen LogP contribution in [0.5, 0.6) is 11.6 Å². The molecule has 2 amide bonds. The van der Waals surface area contributed by atoms with Gasteiger partial charge in [0.15, 0.2) is 5.75 Å². The van der Waals surface area contributed by atoms with Crippen LogP contribution in [0.4, 0.5) is 23.7 Å². The maximum atomic E-state index is 12.7. The lowest BCUT2D eigenvalue weighted by molar-refractivity contribution is -0.137. The van der Waals surface area contributed by atoms with Gasteiger partial charge in [-0.05, 0) is 24.3 Å². The largest absolute Gasteiger partial charge is 0.437 e. The summed E-state index contributed by atoms with van der Waals surface area (Å²) in [5, 5.41) is 2.42. The number of benzene rings is 2. The van der Waals surface area contributed by atoms with Crippen LogP contribution in [0, 0.1) is 0 Å². The number of carbonyl (C=O) groups is 1. The zero-order valence-corrected chi connectivity index (χ0v) is 13.7. The Balaban J connectivity index is 1.86. The van der Waals surface area contributed by atoms with Gasteiger partial charge in [0.05, 0.1) is 16.9 Å². The maximum Gasteiger partial charge on any atom is 0.416 e. The fourth-order valence-electron chi connectivity index (χ4n) is 2.29. The molecule has 6 nitrogen and oxygen atoms in total. The van der Waals surface area contributed by atoms with Crippen molar-refractivity contribution >= 4 is 11.7 Å². The quantitative estimate of drug-likeness (QED) is 0.706. The summed E-state index contributed by atoms with van der Waals surface area (Å²) < 4.78 is 43.7. The first-order valence-electron chi connectivity index (χ1n) is 7.66. The first-order chi connectivity index (χ1) is 12.8. The predicted molar refractivity (Wildman–Crippen MR) is 92.2 cm³/mol. The van der Waals surface area contributed by atoms with Crippen molar-refractivity contribution in [2.75, 3.05) is 5.32 Å². The van der Waals surface area contributed by atoms with Gasteiger partial charge in [-0.1, -0.05) is 24.3 Å². The molecule has 138 valence electrons.